The summed E-state index contributed by atoms with van der Waals surface area (Å²) in [6, 6.07) is 4.78. The van der Waals surface area contributed by atoms with Crippen molar-refractivity contribution in [1.29, 1.82) is 0 Å². The highest BCUT2D eigenvalue weighted by Gasteiger charge is 2.08. The van der Waals surface area contributed by atoms with Crippen LogP contribution in [0.2, 0.25) is 0 Å². The van der Waals surface area contributed by atoms with Gasteiger partial charge in [-0.25, -0.2) is 9.78 Å². The first kappa shape index (κ1) is 10.1. The van der Waals surface area contributed by atoms with Crippen molar-refractivity contribution in [2.45, 2.75) is 0 Å². The lowest BCUT2D eigenvalue weighted by molar-refractivity contribution is -0.482. The summed E-state index contributed by atoms with van der Waals surface area (Å²) in [6.07, 6.45) is 1.45. The summed E-state index contributed by atoms with van der Waals surface area (Å²) in [7, 11) is 0. The van der Waals surface area contributed by atoms with Crippen molar-refractivity contribution in [3.05, 3.63) is 40.2 Å². The van der Waals surface area contributed by atoms with Crippen LogP contribution in [-0.2, 0) is 4.74 Å². The van der Waals surface area contributed by atoms with Crippen LogP contribution >= 0.6 is 0 Å². The zero-order valence-electron chi connectivity index (χ0n) is 7.25. The van der Waals surface area contributed by atoms with Crippen LogP contribution in [-0.4, -0.2) is 29.0 Å². The fraction of sp³-hybridized carbons (Fsp3) is 0.250. The smallest absolute Gasteiger partial charge is 0.357 e. The molecule has 0 aromatic carbocycles. The van der Waals surface area contributed by atoms with Crippen LogP contribution in [0.4, 0.5) is 0 Å². The summed E-state index contributed by atoms with van der Waals surface area (Å²) in [4.78, 5) is 24.2. The van der Waals surface area contributed by atoms with Crippen molar-refractivity contribution in [2.75, 3.05) is 13.2 Å². The molecule has 0 aliphatic heterocycles. The first-order valence-electron chi connectivity index (χ1n) is 3.90. The molecule has 0 amide bonds. The number of hydrogen-bond acceptors (Lipinski definition) is 5. The minimum absolute atomic E-state index is 0.149. The van der Waals surface area contributed by atoms with Gasteiger partial charge in [-0.1, -0.05) is 6.07 Å². The quantitative estimate of drug-likeness (QED) is 0.398. The standard InChI is InChI=1S/C8H8N2O4/c11-8(14-6-5-10(12)13)7-3-1-2-4-9-7/h1-4H,5-6H2. The predicted molar refractivity (Wildman–Crippen MR) is 46.4 cm³/mol. The first-order valence-corrected chi connectivity index (χ1v) is 3.90. The molecule has 0 unspecified atom stereocenters. The van der Waals surface area contributed by atoms with Gasteiger partial charge in [0.05, 0.1) is 0 Å². The number of carbonyl (C=O) groups excluding carboxylic acids is 1. The molecule has 0 saturated carbocycles. The van der Waals surface area contributed by atoms with Gasteiger partial charge in [-0.15, -0.1) is 0 Å². The van der Waals surface area contributed by atoms with Crippen molar-refractivity contribution < 1.29 is 14.5 Å². The number of nitro groups is 1. The monoisotopic (exact) mass is 196 g/mol. The average Bonchev–Trinajstić information content (AvgIpc) is 2.18. The maximum absolute atomic E-state index is 11.1. The number of hydrogen-bond donors (Lipinski definition) is 0. The van der Waals surface area contributed by atoms with Gasteiger partial charge in [0.2, 0.25) is 6.54 Å². The van der Waals surface area contributed by atoms with Gasteiger partial charge >= 0.3 is 5.97 Å². The lowest BCUT2D eigenvalue weighted by atomic mass is 10.4. The average molecular weight is 196 g/mol. The number of rotatable bonds is 4. The molecule has 0 fully saturated rings. The molecule has 0 saturated heterocycles. The van der Waals surface area contributed by atoms with Crippen molar-refractivity contribution in [3.63, 3.8) is 0 Å². The molecule has 0 aliphatic rings. The molecule has 0 N–H and O–H groups in total. The van der Waals surface area contributed by atoms with Gasteiger partial charge in [0.1, 0.15) is 5.69 Å². The van der Waals surface area contributed by atoms with Gasteiger partial charge in [-0.3, -0.25) is 10.1 Å². The van der Waals surface area contributed by atoms with Gasteiger partial charge in [-0.2, -0.15) is 0 Å². The highest BCUT2D eigenvalue weighted by Crippen LogP contribution is 1.95. The second-order valence-corrected chi connectivity index (χ2v) is 2.41. The minimum atomic E-state index is -0.646. The third-order valence-corrected chi connectivity index (χ3v) is 1.38. The molecular weight excluding hydrogens is 188 g/mol. The van der Waals surface area contributed by atoms with E-state index in [9.17, 15) is 14.9 Å². The first-order chi connectivity index (χ1) is 6.70. The maximum Gasteiger partial charge on any atom is 0.357 e. The molecule has 1 rings (SSSR count). The Balaban J connectivity index is 2.40. The Morgan fingerprint density at radius 3 is 2.93 bits per heavy atom. The van der Waals surface area contributed by atoms with Gasteiger partial charge in [0, 0.05) is 11.1 Å². The Hall–Kier alpha value is -1.98. The van der Waals surface area contributed by atoms with Crippen molar-refractivity contribution in [1.82, 2.24) is 4.98 Å². The third-order valence-electron chi connectivity index (χ3n) is 1.38. The number of esters is 1. The second-order valence-electron chi connectivity index (χ2n) is 2.41. The van der Waals surface area contributed by atoms with Gasteiger partial charge in [0.15, 0.2) is 6.61 Å². The fourth-order valence-corrected chi connectivity index (χ4v) is 0.770. The van der Waals surface area contributed by atoms with Crippen LogP contribution in [0.25, 0.3) is 0 Å². The highest BCUT2D eigenvalue weighted by molar-refractivity contribution is 5.87. The molecular formula is C8H8N2O4. The predicted octanol–water partition coefficient (Wildman–Crippen LogP) is 0.515. The Kier molecular flexibility index (Phi) is 3.54. The van der Waals surface area contributed by atoms with Crippen molar-refractivity contribution >= 4 is 5.97 Å². The van der Waals surface area contributed by atoms with E-state index < -0.39 is 17.4 Å². The van der Waals surface area contributed by atoms with Crippen LogP contribution in [0.15, 0.2) is 24.4 Å². The van der Waals surface area contributed by atoms with E-state index in [1.165, 1.54) is 12.3 Å². The molecule has 14 heavy (non-hydrogen) atoms. The maximum atomic E-state index is 11.1. The Labute approximate surface area is 79.7 Å². The molecule has 6 heteroatoms. The molecule has 0 radical (unpaired) electrons. The molecule has 1 aromatic rings. The van der Waals surface area contributed by atoms with E-state index in [2.05, 4.69) is 9.72 Å². The van der Waals surface area contributed by atoms with Crippen LogP contribution in [0.1, 0.15) is 10.5 Å². The summed E-state index contributed by atoms with van der Waals surface area (Å²) in [5.74, 6) is -0.646. The number of nitrogens with zero attached hydrogens (tertiary/aromatic N) is 2. The lowest BCUT2D eigenvalue weighted by Crippen LogP contribution is -2.14. The van der Waals surface area contributed by atoms with Crippen molar-refractivity contribution in [3.8, 4) is 0 Å². The fourth-order valence-electron chi connectivity index (χ4n) is 0.770. The van der Waals surface area contributed by atoms with E-state index in [0.717, 1.165) is 0 Å². The lowest BCUT2D eigenvalue weighted by Gasteiger charge is -1.99. The van der Waals surface area contributed by atoms with Gasteiger partial charge < -0.3 is 4.74 Å². The summed E-state index contributed by atoms with van der Waals surface area (Å²) in [5.41, 5.74) is 0.149. The number of aromatic nitrogens is 1. The molecule has 74 valence electrons. The van der Waals surface area contributed by atoms with Crippen LogP contribution in [0, 0.1) is 10.1 Å². The van der Waals surface area contributed by atoms with Gasteiger partial charge in [0.25, 0.3) is 0 Å². The molecule has 0 spiro atoms. The summed E-state index contributed by atoms with van der Waals surface area (Å²) >= 11 is 0. The molecule has 0 atom stereocenters. The second kappa shape index (κ2) is 4.90. The highest BCUT2D eigenvalue weighted by atomic mass is 16.6. The summed E-state index contributed by atoms with van der Waals surface area (Å²) in [6.45, 7) is -0.624. The Morgan fingerprint density at radius 2 is 2.36 bits per heavy atom. The largest absolute Gasteiger partial charge is 0.454 e. The van der Waals surface area contributed by atoms with Crippen molar-refractivity contribution in [2.24, 2.45) is 0 Å². The number of pyridine rings is 1. The molecule has 6 nitrogen and oxygen atoms in total. The molecule has 0 aliphatic carbocycles. The van der Waals surface area contributed by atoms with E-state index in [0.29, 0.717) is 0 Å². The Morgan fingerprint density at radius 1 is 1.57 bits per heavy atom. The Bertz CT molecular complexity index is 325. The van der Waals surface area contributed by atoms with E-state index in [1.807, 2.05) is 0 Å². The van der Waals surface area contributed by atoms with Gasteiger partial charge in [-0.05, 0) is 12.1 Å². The molecule has 1 heterocycles. The minimum Gasteiger partial charge on any atom is -0.454 e. The van der Waals surface area contributed by atoms with Crippen LogP contribution in [0.5, 0.6) is 0 Å². The topological polar surface area (TPSA) is 82.3 Å². The number of carbonyl (C=O) groups is 1. The molecule has 0 bridgehead atoms. The zero-order valence-corrected chi connectivity index (χ0v) is 7.25. The normalized spacial score (nSPS) is 9.43. The summed E-state index contributed by atoms with van der Waals surface area (Å²) < 4.78 is 4.60. The van der Waals surface area contributed by atoms with E-state index in [-0.39, 0.29) is 12.3 Å². The molecule has 1 aromatic heterocycles. The van der Waals surface area contributed by atoms with Crippen LogP contribution in [0.3, 0.4) is 0 Å². The van der Waals surface area contributed by atoms with Crippen LogP contribution < -0.4 is 0 Å². The summed E-state index contributed by atoms with van der Waals surface area (Å²) in [5, 5.41) is 9.92. The third kappa shape index (κ3) is 3.18. The SMILES string of the molecule is O=C(OCC[N+](=O)[O-])c1ccccn1. The van der Waals surface area contributed by atoms with E-state index in [1.54, 1.807) is 12.1 Å². The zero-order chi connectivity index (χ0) is 10.4. The van der Waals surface area contributed by atoms with E-state index >= 15 is 0 Å². The number of ether oxygens (including phenoxy) is 1. The van der Waals surface area contributed by atoms with E-state index in [4.69, 9.17) is 0 Å².